The van der Waals surface area contributed by atoms with Crippen molar-refractivity contribution in [1.82, 2.24) is 35.0 Å². The molecule has 3 aromatic rings. The van der Waals surface area contributed by atoms with E-state index in [1.54, 1.807) is 23.3 Å². The fourth-order valence-electron chi connectivity index (χ4n) is 5.53. The van der Waals surface area contributed by atoms with Crippen LogP contribution in [0.2, 0.25) is 0 Å². The highest BCUT2D eigenvalue weighted by Crippen LogP contribution is 2.39. The van der Waals surface area contributed by atoms with E-state index in [1.165, 1.54) is 12.8 Å². The number of nitrogens with one attached hydrogen (secondary N) is 3. The number of nitrogens with zero attached hydrogens (tertiary/aromatic N) is 6. The first-order valence-corrected chi connectivity index (χ1v) is 13.6. The Bertz CT molecular complexity index is 1340. The van der Waals surface area contributed by atoms with Crippen LogP contribution in [0, 0.1) is 0 Å². The molecule has 1 unspecified atom stereocenters. The van der Waals surface area contributed by atoms with Gasteiger partial charge in [0.05, 0.1) is 5.54 Å². The van der Waals surface area contributed by atoms with Crippen molar-refractivity contribution in [3.05, 3.63) is 30.1 Å². The number of rotatable bonds is 7. The summed E-state index contributed by atoms with van der Waals surface area (Å²) in [7, 11) is 0. The van der Waals surface area contributed by atoms with Gasteiger partial charge >= 0.3 is 0 Å². The largest absolute Gasteiger partial charge is 0.350 e. The van der Waals surface area contributed by atoms with Crippen LogP contribution in [-0.2, 0) is 9.59 Å². The van der Waals surface area contributed by atoms with Gasteiger partial charge in [-0.2, -0.15) is 10.1 Å². The van der Waals surface area contributed by atoms with Crippen molar-refractivity contribution in [1.29, 1.82) is 0 Å². The molecule has 6 rings (SSSR count). The van der Waals surface area contributed by atoms with Gasteiger partial charge in [0.1, 0.15) is 11.6 Å². The summed E-state index contributed by atoms with van der Waals surface area (Å²) in [4.78, 5) is 34.7. The molecule has 1 aliphatic carbocycles. The predicted molar refractivity (Wildman–Crippen MR) is 143 cm³/mol. The van der Waals surface area contributed by atoms with E-state index >= 15 is 0 Å². The molecule has 2 aliphatic heterocycles. The van der Waals surface area contributed by atoms with Gasteiger partial charge in [-0.3, -0.25) is 14.7 Å². The lowest BCUT2D eigenvalue weighted by atomic mass is 10.00. The van der Waals surface area contributed by atoms with Crippen LogP contribution in [-0.4, -0.2) is 78.8 Å². The van der Waals surface area contributed by atoms with Crippen molar-refractivity contribution < 1.29 is 9.59 Å². The number of carbonyl (C=O) groups excluding carboxylic acids is 2. The van der Waals surface area contributed by atoms with Crippen molar-refractivity contribution >= 4 is 34.9 Å². The molecular formula is C26H36N10O2. The maximum atomic E-state index is 13.5. The van der Waals surface area contributed by atoms with Crippen molar-refractivity contribution in [2.45, 2.75) is 75.9 Å². The lowest BCUT2D eigenvalue weighted by Crippen LogP contribution is -2.58. The molecule has 1 saturated carbocycles. The number of fused-ring (bicyclic) bond motifs is 1. The zero-order valence-corrected chi connectivity index (χ0v) is 22.0. The second-order valence-corrected chi connectivity index (χ2v) is 11.4. The molecule has 0 aromatic carbocycles. The summed E-state index contributed by atoms with van der Waals surface area (Å²) >= 11 is 0. The topological polar surface area (TPSA) is 150 Å². The minimum atomic E-state index is -0.927. The molecule has 3 aromatic heterocycles. The number of hydrogen-bond donors (Lipinski definition) is 4. The lowest BCUT2D eigenvalue weighted by Gasteiger charge is -2.37. The van der Waals surface area contributed by atoms with Crippen LogP contribution in [0.4, 0.5) is 17.6 Å². The number of aromatic amines is 1. The molecule has 0 spiro atoms. The van der Waals surface area contributed by atoms with Crippen molar-refractivity contribution in [2.24, 2.45) is 5.73 Å². The van der Waals surface area contributed by atoms with Gasteiger partial charge < -0.3 is 26.2 Å². The molecule has 5 N–H and O–H groups in total. The van der Waals surface area contributed by atoms with Crippen molar-refractivity contribution in [3.63, 3.8) is 0 Å². The average Bonchev–Trinajstić information content (AvgIpc) is 3.25. The smallest absolute Gasteiger partial charge is 0.246 e. The molecule has 5 heterocycles. The highest BCUT2D eigenvalue weighted by Gasteiger charge is 2.36. The van der Waals surface area contributed by atoms with Crippen molar-refractivity contribution in [3.8, 4) is 0 Å². The molecular weight excluding hydrogens is 484 g/mol. The first kappa shape index (κ1) is 24.7. The fourth-order valence-corrected chi connectivity index (χ4v) is 5.53. The van der Waals surface area contributed by atoms with Gasteiger partial charge in [-0.15, -0.1) is 5.10 Å². The number of aromatic nitrogens is 5. The molecule has 3 fully saturated rings. The monoisotopic (exact) mass is 520 g/mol. The summed E-state index contributed by atoms with van der Waals surface area (Å²) in [6, 6.07) is 5.43. The number of H-pyrrole nitrogens is 1. The Kier molecular flexibility index (Phi) is 6.21. The fraction of sp³-hybridized carbons (Fsp3) is 0.577. The van der Waals surface area contributed by atoms with Crippen molar-refractivity contribution in [2.75, 3.05) is 29.9 Å². The third-order valence-electron chi connectivity index (χ3n) is 7.66. The van der Waals surface area contributed by atoms with Gasteiger partial charge in [0.2, 0.25) is 17.8 Å². The average molecular weight is 521 g/mol. The number of hydrogen-bond acceptors (Lipinski definition) is 8. The summed E-state index contributed by atoms with van der Waals surface area (Å²) < 4.78 is 1.78. The van der Waals surface area contributed by atoms with Crippen LogP contribution in [0.5, 0.6) is 0 Å². The summed E-state index contributed by atoms with van der Waals surface area (Å²) in [5, 5.41) is 18.8. The first-order chi connectivity index (χ1) is 18.3. The third-order valence-corrected chi connectivity index (χ3v) is 7.66. The van der Waals surface area contributed by atoms with E-state index in [0.717, 1.165) is 36.9 Å². The summed E-state index contributed by atoms with van der Waals surface area (Å²) in [5.41, 5.74) is 7.08. The molecule has 0 bridgehead atoms. The van der Waals surface area contributed by atoms with E-state index in [4.69, 9.17) is 15.8 Å². The standard InChI is InChI=1S/C26H36N10O2/c1-26(2,27)24(38)34-11-3-6-17(15-34)28-23(37)20-8-4-12-35(20)25-30-22(19-7-5-13-36(19)33-25)29-21-14-18(31-32-21)16-9-10-16/h5,7,13-14,16-17,20H,3-4,6,8-12,15,27H2,1-2H3,(H,28,37)(H2,29,30,31,32,33)/t17?,20-/m0/s1. The molecule has 12 heteroatoms. The van der Waals surface area contributed by atoms with Gasteiger partial charge in [0.15, 0.2) is 11.6 Å². The quantitative estimate of drug-likeness (QED) is 0.369. The summed E-state index contributed by atoms with van der Waals surface area (Å²) in [6.07, 6.45) is 7.52. The van der Waals surface area contributed by atoms with Crippen LogP contribution >= 0.6 is 0 Å². The molecule has 2 amide bonds. The maximum absolute atomic E-state index is 13.5. The van der Waals surface area contributed by atoms with Gasteiger partial charge in [0, 0.05) is 49.6 Å². The number of piperidine rings is 1. The van der Waals surface area contributed by atoms with Crippen LogP contribution < -0.4 is 21.3 Å². The maximum Gasteiger partial charge on any atom is 0.246 e. The first-order valence-electron chi connectivity index (χ1n) is 13.6. The highest BCUT2D eigenvalue weighted by atomic mass is 16.2. The molecule has 38 heavy (non-hydrogen) atoms. The van der Waals surface area contributed by atoms with E-state index in [1.807, 2.05) is 29.3 Å². The van der Waals surface area contributed by atoms with E-state index in [-0.39, 0.29) is 23.9 Å². The zero-order chi connectivity index (χ0) is 26.4. The Morgan fingerprint density at radius 3 is 2.76 bits per heavy atom. The van der Waals surface area contributed by atoms with E-state index in [2.05, 4.69) is 20.8 Å². The van der Waals surface area contributed by atoms with E-state index in [0.29, 0.717) is 43.1 Å². The van der Waals surface area contributed by atoms with Gasteiger partial charge in [-0.1, -0.05) is 0 Å². The minimum Gasteiger partial charge on any atom is -0.350 e. The predicted octanol–water partition coefficient (Wildman–Crippen LogP) is 1.89. The summed E-state index contributed by atoms with van der Waals surface area (Å²) in [5.74, 6) is 2.29. The Morgan fingerprint density at radius 1 is 1.16 bits per heavy atom. The second kappa shape index (κ2) is 9.57. The zero-order valence-electron chi connectivity index (χ0n) is 22.0. The number of anilines is 3. The molecule has 202 valence electrons. The SMILES string of the molecule is CC(C)(N)C(=O)N1CCCC(NC(=O)[C@@H]2CCCN2c2nc(Nc3cc(C4CC4)[nH]n3)c3cccn3n2)C1. The molecule has 2 saturated heterocycles. The van der Waals surface area contributed by atoms with Crippen LogP contribution in [0.1, 0.15) is 64.0 Å². The number of carbonyl (C=O) groups is 2. The normalized spacial score (nSPS) is 22.2. The third kappa shape index (κ3) is 4.92. The number of likely N-dealkylation sites (tertiary alicyclic amines) is 1. The Labute approximate surface area is 221 Å². The van der Waals surface area contributed by atoms with Gasteiger partial charge in [-0.25, -0.2) is 4.52 Å². The molecule has 12 nitrogen and oxygen atoms in total. The van der Waals surface area contributed by atoms with Gasteiger partial charge in [-0.05, 0) is 64.5 Å². The van der Waals surface area contributed by atoms with E-state index < -0.39 is 5.54 Å². The second-order valence-electron chi connectivity index (χ2n) is 11.4. The number of nitrogens with two attached hydrogens (primary N) is 1. The Hall–Kier alpha value is -3.67. The molecule has 0 radical (unpaired) electrons. The van der Waals surface area contributed by atoms with Crippen LogP contribution in [0.3, 0.4) is 0 Å². The highest BCUT2D eigenvalue weighted by molar-refractivity contribution is 5.87. The molecule has 2 atom stereocenters. The number of amides is 2. The summed E-state index contributed by atoms with van der Waals surface area (Å²) in [6.45, 7) is 5.27. The van der Waals surface area contributed by atoms with Gasteiger partial charge in [0.25, 0.3) is 0 Å². The Morgan fingerprint density at radius 2 is 1.97 bits per heavy atom. The molecule has 3 aliphatic rings. The minimum absolute atomic E-state index is 0.0547. The van der Waals surface area contributed by atoms with Crippen LogP contribution in [0.15, 0.2) is 24.4 Å². The lowest BCUT2D eigenvalue weighted by molar-refractivity contribution is -0.138. The van der Waals surface area contributed by atoms with Crippen LogP contribution in [0.25, 0.3) is 5.52 Å². The van der Waals surface area contributed by atoms with E-state index in [9.17, 15) is 9.59 Å². The Balaban J connectivity index is 1.18.